The van der Waals surface area contributed by atoms with Crippen LogP contribution in [0.25, 0.3) is 0 Å². The maximum atomic E-state index is 12.9. The van der Waals surface area contributed by atoms with Gasteiger partial charge in [-0.15, -0.1) is 0 Å². The van der Waals surface area contributed by atoms with Crippen LogP contribution in [0.2, 0.25) is 0 Å². The van der Waals surface area contributed by atoms with E-state index in [1.807, 2.05) is 0 Å². The molecule has 1 aromatic carbocycles. The number of nitrogens with one attached hydrogen (secondary N) is 1. The molecule has 0 atom stereocenters. The summed E-state index contributed by atoms with van der Waals surface area (Å²) in [6, 6.07) is 4.03. The molecular formula is C11H14BrFN2O. The molecule has 1 rings (SSSR count). The zero-order chi connectivity index (χ0) is 12.0. The van der Waals surface area contributed by atoms with Crippen molar-refractivity contribution in [2.45, 2.75) is 12.8 Å². The van der Waals surface area contributed by atoms with Crippen LogP contribution in [0.1, 0.15) is 23.2 Å². The first-order valence-electron chi connectivity index (χ1n) is 5.08. The lowest BCUT2D eigenvalue weighted by Gasteiger charge is -2.06. The fourth-order valence-corrected chi connectivity index (χ4v) is 1.66. The quantitative estimate of drug-likeness (QED) is 0.815. The second-order valence-corrected chi connectivity index (χ2v) is 4.23. The van der Waals surface area contributed by atoms with Gasteiger partial charge < -0.3 is 11.1 Å². The second kappa shape index (κ2) is 6.60. The topological polar surface area (TPSA) is 55.1 Å². The maximum Gasteiger partial charge on any atom is 0.252 e. The number of rotatable bonds is 5. The molecule has 1 aromatic rings. The highest BCUT2D eigenvalue weighted by atomic mass is 79.9. The molecule has 0 heterocycles. The largest absolute Gasteiger partial charge is 0.352 e. The van der Waals surface area contributed by atoms with E-state index < -0.39 is 5.82 Å². The SMILES string of the molecule is NCCCCNC(=O)c1cc(F)ccc1Br. The van der Waals surface area contributed by atoms with Crippen molar-refractivity contribution in [3.8, 4) is 0 Å². The molecule has 0 aromatic heterocycles. The van der Waals surface area contributed by atoms with Crippen molar-refractivity contribution in [3.05, 3.63) is 34.1 Å². The van der Waals surface area contributed by atoms with Crippen LogP contribution in [-0.4, -0.2) is 19.0 Å². The van der Waals surface area contributed by atoms with Crippen LogP contribution in [-0.2, 0) is 0 Å². The zero-order valence-electron chi connectivity index (χ0n) is 8.80. The predicted molar refractivity (Wildman–Crippen MR) is 64.7 cm³/mol. The summed E-state index contributed by atoms with van der Waals surface area (Å²) in [4.78, 5) is 11.6. The number of halogens is 2. The third-order valence-corrected chi connectivity index (χ3v) is 2.78. The van der Waals surface area contributed by atoms with Gasteiger partial charge in [0.1, 0.15) is 5.82 Å². The number of nitrogens with two attached hydrogens (primary N) is 1. The van der Waals surface area contributed by atoms with E-state index in [1.165, 1.54) is 18.2 Å². The third kappa shape index (κ3) is 3.90. The van der Waals surface area contributed by atoms with Crippen molar-refractivity contribution in [2.75, 3.05) is 13.1 Å². The summed E-state index contributed by atoms with van der Waals surface area (Å²) in [5.74, 6) is -0.696. The Morgan fingerprint density at radius 1 is 1.44 bits per heavy atom. The van der Waals surface area contributed by atoms with Crippen LogP contribution in [0, 0.1) is 5.82 Å². The van der Waals surface area contributed by atoms with Crippen molar-refractivity contribution in [2.24, 2.45) is 5.73 Å². The first-order chi connectivity index (χ1) is 7.65. The molecule has 5 heteroatoms. The highest BCUT2D eigenvalue weighted by Gasteiger charge is 2.10. The lowest BCUT2D eigenvalue weighted by Crippen LogP contribution is -2.25. The molecule has 0 bridgehead atoms. The Labute approximate surface area is 102 Å². The standard InChI is InChI=1S/C11H14BrFN2O/c12-10-4-3-8(13)7-9(10)11(16)15-6-2-1-5-14/h3-4,7H,1-2,5-6,14H2,(H,15,16). The van der Waals surface area contributed by atoms with Gasteiger partial charge in [-0.2, -0.15) is 0 Å². The normalized spacial score (nSPS) is 10.2. The lowest BCUT2D eigenvalue weighted by atomic mass is 10.2. The van der Waals surface area contributed by atoms with Crippen molar-refractivity contribution in [3.63, 3.8) is 0 Å². The molecule has 0 unspecified atom stereocenters. The van der Waals surface area contributed by atoms with E-state index in [4.69, 9.17) is 5.73 Å². The van der Waals surface area contributed by atoms with Crippen LogP contribution in [0.5, 0.6) is 0 Å². The lowest BCUT2D eigenvalue weighted by molar-refractivity contribution is 0.0952. The van der Waals surface area contributed by atoms with Gasteiger partial charge >= 0.3 is 0 Å². The predicted octanol–water partition coefficient (Wildman–Crippen LogP) is 2.06. The van der Waals surface area contributed by atoms with Gasteiger partial charge in [-0.05, 0) is 53.5 Å². The van der Waals surface area contributed by atoms with Crippen LogP contribution < -0.4 is 11.1 Å². The fraction of sp³-hybridized carbons (Fsp3) is 0.364. The van der Waals surface area contributed by atoms with E-state index in [2.05, 4.69) is 21.2 Å². The molecule has 0 aliphatic rings. The van der Waals surface area contributed by atoms with Crippen LogP contribution in [0.3, 0.4) is 0 Å². The molecule has 0 fully saturated rings. The second-order valence-electron chi connectivity index (χ2n) is 3.38. The molecule has 1 amide bonds. The van der Waals surface area contributed by atoms with Crippen LogP contribution in [0.15, 0.2) is 22.7 Å². The van der Waals surface area contributed by atoms with Crippen LogP contribution in [0.4, 0.5) is 4.39 Å². The minimum atomic E-state index is -0.421. The summed E-state index contributed by atoms with van der Waals surface area (Å²) in [7, 11) is 0. The van der Waals surface area contributed by atoms with E-state index in [9.17, 15) is 9.18 Å². The molecule has 0 saturated carbocycles. The van der Waals surface area contributed by atoms with E-state index in [0.717, 1.165) is 12.8 Å². The average molecular weight is 289 g/mol. The summed E-state index contributed by atoms with van der Waals surface area (Å²) in [6.45, 7) is 1.17. The highest BCUT2D eigenvalue weighted by molar-refractivity contribution is 9.10. The molecule has 0 spiro atoms. The molecule has 0 aliphatic heterocycles. The number of carbonyl (C=O) groups is 1. The third-order valence-electron chi connectivity index (χ3n) is 2.09. The molecular weight excluding hydrogens is 275 g/mol. The number of unbranched alkanes of at least 4 members (excludes halogenated alkanes) is 1. The Morgan fingerprint density at radius 2 is 2.19 bits per heavy atom. The Kier molecular flexibility index (Phi) is 5.42. The molecule has 16 heavy (non-hydrogen) atoms. The Bertz CT molecular complexity index is 371. The van der Waals surface area contributed by atoms with Gasteiger partial charge in [0.2, 0.25) is 0 Å². The molecule has 3 nitrogen and oxygen atoms in total. The Hall–Kier alpha value is -0.940. The number of amides is 1. The maximum absolute atomic E-state index is 12.9. The average Bonchev–Trinajstić information content (AvgIpc) is 2.27. The fourth-order valence-electron chi connectivity index (χ4n) is 1.24. The van der Waals surface area contributed by atoms with Gasteiger partial charge in [0, 0.05) is 11.0 Å². The smallest absolute Gasteiger partial charge is 0.252 e. The molecule has 0 saturated heterocycles. The van der Waals surface area contributed by atoms with Gasteiger partial charge in [0.05, 0.1) is 5.56 Å². The van der Waals surface area contributed by atoms with Gasteiger partial charge in [-0.1, -0.05) is 0 Å². The summed E-state index contributed by atoms with van der Waals surface area (Å²) in [6.07, 6.45) is 1.69. The van der Waals surface area contributed by atoms with E-state index in [1.54, 1.807) is 0 Å². The van der Waals surface area contributed by atoms with Crippen molar-refractivity contribution < 1.29 is 9.18 Å². The van der Waals surface area contributed by atoms with E-state index in [-0.39, 0.29) is 5.91 Å². The molecule has 3 N–H and O–H groups in total. The van der Waals surface area contributed by atoms with Gasteiger partial charge in [0.25, 0.3) is 5.91 Å². The highest BCUT2D eigenvalue weighted by Crippen LogP contribution is 2.17. The van der Waals surface area contributed by atoms with Gasteiger partial charge in [0.15, 0.2) is 0 Å². The number of carbonyl (C=O) groups excluding carboxylic acids is 1. The van der Waals surface area contributed by atoms with E-state index >= 15 is 0 Å². The number of hydrogen-bond donors (Lipinski definition) is 2. The van der Waals surface area contributed by atoms with Crippen molar-refractivity contribution >= 4 is 21.8 Å². The molecule has 0 aliphatic carbocycles. The summed E-state index contributed by atoms with van der Waals surface area (Å²) in [5, 5.41) is 2.71. The van der Waals surface area contributed by atoms with Gasteiger partial charge in [-0.3, -0.25) is 4.79 Å². The Balaban J connectivity index is 2.55. The van der Waals surface area contributed by atoms with Crippen molar-refractivity contribution in [1.29, 1.82) is 0 Å². The first-order valence-corrected chi connectivity index (χ1v) is 5.87. The van der Waals surface area contributed by atoms with Crippen LogP contribution >= 0.6 is 15.9 Å². The summed E-state index contributed by atoms with van der Waals surface area (Å²) >= 11 is 3.21. The Morgan fingerprint density at radius 3 is 2.88 bits per heavy atom. The first kappa shape index (κ1) is 13.1. The minimum absolute atomic E-state index is 0.275. The van der Waals surface area contributed by atoms with Crippen molar-refractivity contribution in [1.82, 2.24) is 5.32 Å². The number of benzene rings is 1. The molecule has 88 valence electrons. The van der Waals surface area contributed by atoms with E-state index in [0.29, 0.717) is 23.1 Å². The molecule has 0 radical (unpaired) electrons. The van der Waals surface area contributed by atoms with Gasteiger partial charge in [-0.25, -0.2) is 4.39 Å². The number of hydrogen-bond acceptors (Lipinski definition) is 2. The minimum Gasteiger partial charge on any atom is -0.352 e. The summed E-state index contributed by atoms with van der Waals surface area (Å²) < 4.78 is 13.5. The zero-order valence-corrected chi connectivity index (χ0v) is 10.4. The summed E-state index contributed by atoms with van der Waals surface area (Å²) in [5.41, 5.74) is 5.64. The monoisotopic (exact) mass is 288 g/mol.